The fourth-order valence-electron chi connectivity index (χ4n) is 4.13. The zero-order chi connectivity index (χ0) is 22.7. The molecule has 0 aromatic carbocycles. The molecule has 0 bridgehead atoms. The molecular weight excluding hydrogens is 414 g/mol. The summed E-state index contributed by atoms with van der Waals surface area (Å²) in [6.45, 7) is 1.57. The van der Waals surface area contributed by atoms with Crippen molar-refractivity contribution >= 4 is 17.7 Å². The molecule has 4 rings (SSSR count). The molecule has 10 heteroatoms. The molecule has 2 fully saturated rings. The summed E-state index contributed by atoms with van der Waals surface area (Å²) in [4.78, 5) is 32.3. The van der Waals surface area contributed by atoms with Crippen molar-refractivity contribution in [3.8, 4) is 17.7 Å². The van der Waals surface area contributed by atoms with E-state index < -0.39 is 6.10 Å². The van der Waals surface area contributed by atoms with Crippen LogP contribution in [0.1, 0.15) is 31.4 Å². The van der Waals surface area contributed by atoms with Crippen LogP contribution in [0.5, 0.6) is 0 Å². The van der Waals surface area contributed by atoms with Crippen molar-refractivity contribution in [1.82, 2.24) is 15.2 Å². The van der Waals surface area contributed by atoms with Crippen molar-refractivity contribution in [3.05, 3.63) is 24.1 Å². The molecule has 170 valence electrons. The number of furan rings is 1. The molecule has 2 amide bonds. The number of oxazole rings is 1. The van der Waals surface area contributed by atoms with Gasteiger partial charge in [0, 0.05) is 39.6 Å². The van der Waals surface area contributed by atoms with Crippen LogP contribution in [0.25, 0.3) is 11.7 Å². The third kappa shape index (κ3) is 4.62. The molecule has 2 aliphatic heterocycles. The second-order valence-corrected chi connectivity index (χ2v) is 8.33. The maximum absolute atomic E-state index is 12.6. The standard InChI is InChI=1S/C22H27N5O5/c1-26(2)21(29)18-6-5-15(31-18)13-24-19(28)14-7-9-27(10-8-14)22-16(12-23)25-20(32-22)17-4-3-11-30-17/h3-4,11,14-15,18H,5-10,13H2,1-2H3,(H,24,28)/t15-,18+/m0/s1. The Morgan fingerprint density at radius 1 is 1.28 bits per heavy atom. The molecule has 32 heavy (non-hydrogen) atoms. The van der Waals surface area contributed by atoms with Gasteiger partial charge in [-0.1, -0.05) is 0 Å². The first kappa shape index (κ1) is 21.9. The lowest BCUT2D eigenvalue weighted by Gasteiger charge is -2.31. The Morgan fingerprint density at radius 2 is 2.06 bits per heavy atom. The van der Waals surface area contributed by atoms with E-state index in [1.165, 1.54) is 11.2 Å². The molecule has 2 aliphatic rings. The smallest absolute Gasteiger partial charge is 0.266 e. The maximum atomic E-state index is 12.6. The van der Waals surface area contributed by atoms with Gasteiger partial charge in [-0.05, 0) is 37.8 Å². The molecule has 2 aromatic rings. The quantitative estimate of drug-likeness (QED) is 0.719. The molecule has 2 aromatic heterocycles. The molecule has 0 radical (unpaired) electrons. The first-order valence-corrected chi connectivity index (χ1v) is 10.8. The summed E-state index contributed by atoms with van der Waals surface area (Å²) < 4.78 is 16.9. The number of rotatable bonds is 6. The Bertz CT molecular complexity index is 985. The average molecular weight is 441 g/mol. The van der Waals surface area contributed by atoms with E-state index in [4.69, 9.17) is 13.6 Å². The van der Waals surface area contributed by atoms with Crippen LogP contribution in [-0.2, 0) is 14.3 Å². The minimum absolute atomic E-state index is 0.00927. The third-order valence-electron chi connectivity index (χ3n) is 5.93. The number of likely N-dealkylation sites (N-methyl/N-ethyl adjacent to an activating group) is 1. The third-order valence-corrected chi connectivity index (χ3v) is 5.93. The van der Waals surface area contributed by atoms with Gasteiger partial charge in [-0.3, -0.25) is 9.59 Å². The molecular formula is C22H27N5O5. The average Bonchev–Trinajstić information content (AvgIpc) is 3.57. The van der Waals surface area contributed by atoms with Crippen molar-refractivity contribution in [3.63, 3.8) is 0 Å². The first-order valence-electron chi connectivity index (χ1n) is 10.8. The molecule has 1 N–H and O–H groups in total. The highest BCUT2D eigenvalue weighted by atomic mass is 16.5. The summed E-state index contributed by atoms with van der Waals surface area (Å²) >= 11 is 0. The van der Waals surface area contributed by atoms with Gasteiger partial charge in [0.2, 0.25) is 17.5 Å². The Morgan fingerprint density at radius 3 is 2.72 bits per heavy atom. The van der Waals surface area contributed by atoms with E-state index in [9.17, 15) is 14.9 Å². The predicted molar refractivity (Wildman–Crippen MR) is 113 cm³/mol. The Labute approximate surface area is 186 Å². The highest BCUT2D eigenvalue weighted by Gasteiger charge is 2.33. The first-order chi connectivity index (χ1) is 15.5. The number of hydrogen-bond acceptors (Lipinski definition) is 8. The Balaban J connectivity index is 1.27. The van der Waals surface area contributed by atoms with Gasteiger partial charge in [-0.15, -0.1) is 0 Å². The number of carbonyl (C=O) groups is 2. The number of aromatic nitrogens is 1. The number of ether oxygens (including phenoxy) is 1. The van der Waals surface area contributed by atoms with Gasteiger partial charge < -0.3 is 28.7 Å². The summed E-state index contributed by atoms with van der Waals surface area (Å²) in [6.07, 6.45) is 3.67. The number of carbonyl (C=O) groups excluding carboxylic acids is 2. The lowest BCUT2D eigenvalue weighted by molar-refractivity contribution is -0.140. The highest BCUT2D eigenvalue weighted by molar-refractivity contribution is 5.81. The fourth-order valence-corrected chi connectivity index (χ4v) is 4.13. The van der Waals surface area contributed by atoms with Crippen LogP contribution in [0.2, 0.25) is 0 Å². The monoisotopic (exact) mass is 441 g/mol. The summed E-state index contributed by atoms with van der Waals surface area (Å²) in [6, 6.07) is 5.52. The SMILES string of the molecule is CN(C)C(=O)[C@H]1CC[C@@H](CNC(=O)C2CCN(c3oc(-c4ccco4)nc3C#N)CC2)O1. The number of anilines is 1. The van der Waals surface area contributed by atoms with Crippen LogP contribution in [-0.4, -0.2) is 67.6 Å². The molecule has 10 nitrogen and oxygen atoms in total. The molecule has 0 aliphatic carbocycles. The Hall–Kier alpha value is -3.32. The summed E-state index contributed by atoms with van der Waals surface area (Å²) in [5.74, 6) is 0.976. The van der Waals surface area contributed by atoms with Crippen molar-refractivity contribution in [2.45, 2.75) is 37.9 Å². The topological polar surface area (TPSA) is 125 Å². The number of amides is 2. The van der Waals surface area contributed by atoms with Gasteiger partial charge in [0.25, 0.3) is 11.8 Å². The normalized spacial score (nSPS) is 21.3. The van der Waals surface area contributed by atoms with Crippen LogP contribution in [0.15, 0.2) is 27.2 Å². The van der Waals surface area contributed by atoms with Crippen LogP contribution in [0.4, 0.5) is 5.88 Å². The zero-order valence-corrected chi connectivity index (χ0v) is 18.2. The van der Waals surface area contributed by atoms with Crippen LogP contribution in [0.3, 0.4) is 0 Å². The van der Waals surface area contributed by atoms with Crippen molar-refractivity contribution in [2.24, 2.45) is 5.92 Å². The number of hydrogen-bond donors (Lipinski definition) is 1. The van der Waals surface area contributed by atoms with Gasteiger partial charge in [-0.2, -0.15) is 10.2 Å². The van der Waals surface area contributed by atoms with E-state index in [1.807, 2.05) is 4.90 Å². The number of nitriles is 1. The van der Waals surface area contributed by atoms with E-state index in [1.54, 1.807) is 26.2 Å². The van der Waals surface area contributed by atoms with Gasteiger partial charge in [0.05, 0.1) is 12.4 Å². The van der Waals surface area contributed by atoms with Crippen LogP contribution < -0.4 is 10.2 Å². The van der Waals surface area contributed by atoms with Gasteiger partial charge in [-0.25, -0.2) is 0 Å². The van der Waals surface area contributed by atoms with Crippen molar-refractivity contribution in [1.29, 1.82) is 5.26 Å². The highest BCUT2D eigenvalue weighted by Crippen LogP contribution is 2.31. The molecule has 2 saturated heterocycles. The fraction of sp³-hybridized carbons (Fsp3) is 0.545. The number of nitrogens with one attached hydrogen (secondary N) is 1. The molecule has 2 atom stereocenters. The second-order valence-electron chi connectivity index (χ2n) is 8.33. The predicted octanol–water partition coefficient (Wildman–Crippen LogP) is 1.77. The van der Waals surface area contributed by atoms with E-state index in [0.717, 1.165) is 6.42 Å². The van der Waals surface area contributed by atoms with Gasteiger partial charge >= 0.3 is 0 Å². The summed E-state index contributed by atoms with van der Waals surface area (Å²) in [5.41, 5.74) is 0.208. The van der Waals surface area contributed by atoms with E-state index in [-0.39, 0.29) is 35.4 Å². The molecule has 0 spiro atoms. The molecule has 0 unspecified atom stereocenters. The minimum atomic E-state index is -0.419. The number of nitrogens with zero attached hydrogens (tertiary/aromatic N) is 4. The lowest BCUT2D eigenvalue weighted by atomic mass is 9.96. The second kappa shape index (κ2) is 9.44. The maximum Gasteiger partial charge on any atom is 0.266 e. The van der Waals surface area contributed by atoms with Crippen LogP contribution >= 0.6 is 0 Å². The molecule has 0 saturated carbocycles. The minimum Gasteiger partial charge on any atom is -0.459 e. The van der Waals surface area contributed by atoms with Crippen molar-refractivity contribution in [2.75, 3.05) is 38.6 Å². The zero-order valence-electron chi connectivity index (χ0n) is 18.2. The largest absolute Gasteiger partial charge is 0.459 e. The molecule has 4 heterocycles. The lowest BCUT2D eigenvalue weighted by Crippen LogP contribution is -2.43. The van der Waals surface area contributed by atoms with Crippen molar-refractivity contribution < 1.29 is 23.2 Å². The number of piperidine rings is 1. The summed E-state index contributed by atoms with van der Waals surface area (Å²) in [7, 11) is 3.42. The summed E-state index contributed by atoms with van der Waals surface area (Å²) in [5, 5.41) is 12.4. The van der Waals surface area contributed by atoms with Gasteiger partial charge in [0.1, 0.15) is 12.2 Å². The Kier molecular flexibility index (Phi) is 6.46. The van der Waals surface area contributed by atoms with E-state index in [0.29, 0.717) is 50.5 Å². The van der Waals surface area contributed by atoms with E-state index >= 15 is 0 Å². The van der Waals surface area contributed by atoms with E-state index in [2.05, 4.69) is 16.4 Å². The van der Waals surface area contributed by atoms with Crippen LogP contribution in [0, 0.1) is 17.2 Å². The van der Waals surface area contributed by atoms with Gasteiger partial charge in [0.15, 0.2) is 5.76 Å².